The molecule has 1 aromatic heterocycles. The highest BCUT2D eigenvalue weighted by Gasteiger charge is 2.27. The monoisotopic (exact) mass is 254 g/mol. The lowest BCUT2D eigenvalue weighted by Gasteiger charge is -2.32. The minimum absolute atomic E-state index is 0.175. The number of rotatable bonds is 3. The van der Waals surface area contributed by atoms with Gasteiger partial charge in [0.05, 0.1) is 6.10 Å². The molecule has 3 nitrogen and oxygen atoms in total. The van der Waals surface area contributed by atoms with Gasteiger partial charge in [-0.2, -0.15) is 0 Å². The molecule has 0 spiro atoms. The van der Waals surface area contributed by atoms with Crippen LogP contribution >= 0.6 is 11.3 Å². The summed E-state index contributed by atoms with van der Waals surface area (Å²) in [5.74, 6) is 1.04. The minimum Gasteiger partial charge on any atom is -0.489 e. The van der Waals surface area contributed by atoms with Gasteiger partial charge in [0.1, 0.15) is 5.75 Å². The van der Waals surface area contributed by atoms with Gasteiger partial charge in [-0.05, 0) is 42.5 Å². The third-order valence-electron chi connectivity index (χ3n) is 3.67. The van der Waals surface area contributed by atoms with E-state index in [4.69, 9.17) is 9.84 Å². The first kappa shape index (κ1) is 12.4. The summed E-state index contributed by atoms with van der Waals surface area (Å²) >= 11 is 1.22. The Morgan fingerprint density at radius 3 is 2.82 bits per heavy atom. The second kappa shape index (κ2) is 5.08. The van der Waals surface area contributed by atoms with E-state index in [1.807, 2.05) is 0 Å². The fourth-order valence-corrected chi connectivity index (χ4v) is 2.99. The van der Waals surface area contributed by atoms with Crippen molar-refractivity contribution in [3.8, 4) is 5.75 Å². The van der Waals surface area contributed by atoms with Crippen molar-refractivity contribution in [3.63, 3.8) is 0 Å². The van der Waals surface area contributed by atoms with Gasteiger partial charge in [0.2, 0.25) is 0 Å². The van der Waals surface area contributed by atoms with E-state index in [9.17, 15) is 4.79 Å². The molecular formula is C13H18O3S. The first-order chi connectivity index (χ1) is 8.08. The van der Waals surface area contributed by atoms with Crippen molar-refractivity contribution < 1.29 is 14.6 Å². The first-order valence-corrected chi connectivity index (χ1v) is 6.93. The van der Waals surface area contributed by atoms with Gasteiger partial charge in [-0.3, -0.25) is 0 Å². The summed E-state index contributed by atoms with van der Waals surface area (Å²) in [5.41, 5.74) is 0. The summed E-state index contributed by atoms with van der Waals surface area (Å²) < 4.78 is 5.84. The fraction of sp³-hybridized carbons (Fsp3) is 0.615. The molecule has 1 aromatic rings. The second-order valence-electron chi connectivity index (χ2n) is 4.93. The van der Waals surface area contributed by atoms with Crippen molar-refractivity contribution >= 4 is 17.3 Å². The molecule has 0 bridgehead atoms. The number of hydrogen-bond acceptors (Lipinski definition) is 3. The summed E-state index contributed by atoms with van der Waals surface area (Å²) in [7, 11) is 0. The Kier molecular flexibility index (Phi) is 3.72. The molecule has 1 fully saturated rings. The molecule has 1 aliphatic rings. The highest BCUT2D eigenvalue weighted by atomic mass is 32.1. The molecule has 1 N–H and O–H groups in total. The molecule has 17 heavy (non-hydrogen) atoms. The van der Waals surface area contributed by atoms with Crippen molar-refractivity contribution in [2.75, 3.05) is 0 Å². The minimum atomic E-state index is -0.896. The SMILES string of the molecule is CC1CCC(Oc2ccsc2C(=O)O)CC1C. The van der Waals surface area contributed by atoms with E-state index < -0.39 is 5.97 Å². The Labute approximate surface area is 105 Å². The zero-order valence-electron chi connectivity index (χ0n) is 10.2. The third kappa shape index (κ3) is 2.80. The molecule has 2 rings (SSSR count). The van der Waals surface area contributed by atoms with Gasteiger partial charge in [-0.25, -0.2) is 4.79 Å². The van der Waals surface area contributed by atoms with Crippen LogP contribution in [0.5, 0.6) is 5.75 Å². The maximum atomic E-state index is 11.0. The number of carboxylic acids is 1. The Morgan fingerprint density at radius 2 is 2.18 bits per heavy atom. The molecule has 94 valence electrons. The maximum Gasteiger partial charge on any atom is 0.349 e. The topological polar surface area (TPSA) is 46.5 Å². The van der Waals surface area contributed by atoms with Gasteiger partial charge in [-0.15, -0.1) is 11.3 Å². The second-order valence-corrected chi connectivity index (χ2v) is 5.84. The normalized spacial score (nSPS) is 28.9. The summed E-state index contributed by atoms with van der Waals surface area (Å²) in [6, 6.07) is 1.76. The van der Waals surface area contributed by atoms with Gasteiger partial charge >= 0.3 is 5.97 Å². The van der Waals surface area contributed by atoms with Crippen LogP contribution in [0.25, 0.3) is 0 Å². The maximum absolute atomic E-state index is 11.0. The number of thiophene rings is 1. The molecule has 4 heteroatoms. The van der Waals surface area contributed by atoms with E-state index in [-0.39, 0.29) is 6.10 Å². The summed E-state index contributed by atoms with van der Waals surface area (Å²) in [4.78, 5) is 11.3. The largest absolute Gasteiger partial charge is 0.489 e. The third-order valence-corrected chi connectivity index (χ3v) is 4.55. The molecule has 0 aliphatic heterocycles. The van der Waals surface area contributed by atoms with Crippen molar-refractivity contribution in [1.82, 2.24) is 0 Å². The average molecular weight is 254 g/mol. The van der Waals surface area contributed by atoms with Gasteiger partial charge in [-0.1, -0.05) is 13.8 Å². The summed E-state index contributed by atoms with van der Waals surface area (Å²) in [6.45, 7) is 4.51. The molecule has 0 aromatic carbocycles. The van der Waals surface area contributed by atoms with E-state index in [0.717, 1.165) is 18.8 Å². The zero-order chi connectivity index (χ0) is 12.4. The molecule has 3 unspecified atom stereocenters. The van der Waals surface area contributed by atoms with E-state index in [1.165, 1.54) is 17.8 Å². The van der Waals surface area contributed by atoms with E-state index in [2.05, 4.69) is 13.8 Å². The fourth-order valence-electron chi connectivity index (χ4n) is 2.33. The van der Waals surface area contributed by atoms with Crippen LogP contribution < -0.4 is 4.74 Å². The Hall–Kier alpha value is -1.03. The molecule has 1 aliphatic carbocycles. The molecular weight excluding hydrogens is 236 g/mol. The van der Waals surface area contributed by atoms with Crippen molar-refractivity contribution in [2.24, 2.45) is 11.8 Å². The Balaban J connectivity index is 2.01. The van der Waals surface area contributed by atoms with Crippen LogP contribution in [0.3, 0.4) is 0 Å². The highest BCUT2D eigenvalue weighted by Crippen LogP contribution is 2.34. The molecule has 0 radical (unpaired) electrons. The predicted octanol–water partition coefficient (Wildman–Crippen LogP) is 3.65. The number of hydrogen-bond donors (Lipinski definition) is 1. The van der Waals surface area contributed by atoms with Crippen LogP contribution in [0.15, 0.2) is 11.4 Å². The van der Waals surface area contributed by atoms with Gasteiger partial charge < -0.3 is 9.84 Å². The van der Waals surface area contributed by atoms with Crippen LogP contribution in [-0.4, -0.2) is 17.2 Å². The molecule has 0 amide bonds. The van der Waals surface area contributed by atoms with Crippen LogP contribution in [0.1, 0.15) is 42.8 Å². The lowest BCUT2D eigenvalue weighted by molar-refractivity contribution is 0.0683. The number of carboxylic acid groups (broad SMARTS) is 1. The quantitative estimate of drug-likeness (QED) is 0.895. The highest BCUT2D eigenvalue weighted by molar-refractivity contribution is 7.12. The lowest BCUT2D eigenvalue weighted by atomic mass is 9.80. The van der Waals surface area contributed by atoms with E-state index in [1.54, 1.807) is 11.4 Å². The standard InChI is InChI=1S/C13H18O3S/c1-8-3-4-10(7-9(8)2)16-11-5-6-17-12(11)13(14)15/h5-6,8-10H,3-4,7H2,1-2H3,(H,14,15). The predicted molar refractivity (Wildman–Crippen MR) is 67.9 cm³/mol. The summed E-state index contributed by atoms with van der Waals surface area (Å²) in [5, 5.41) is 10.8. The van der Waals surface area contributed by atoms with Gasteiger partial charge in [0, 0.05) is 0 Å². The smallest absolute Gasteiger partial charge is 0.349 e. The average Bonchev–Trinajstić information content (AvgIpc) is 2.72. The van der Waals surface area contributed by atoms with Gasteiger partial charge in [0.25, 0.3) is 0 Å². The van der Waals surface area contributed by atoms with Crippen LogP contribution in [0, 0.1) is 11.8 Å². The first-order valence-electron chi connectivity index (χ1n) is 6.05. The van der Waals surface area contributed by atoms with Crippen molar-refractivity contribution in [1.29, 1.82) is 0 Å². The number of carbonyl (C=O) groups is 1. The number of ether oxygens (including phenoxy) is 1. The van der Waals surface area contributed by atoms with Crippen LogP contribution in [-0.2, 0) is 0 Å². The lowest BCUT2D eigenvalue weighted by Crippen LogP contribution is -2.29. The molecule has 0 saturated heterocycles. The molecule has 1 heterocycles. The van der Waals surface area contributed by atoms with E-state index in [0.29, 0.717) is 16.5 Å². The van der Waals surface area contributed by atoms with Crippen molar-refractivity contribution in [2.45, 2.75) is 39.2 Å². The van der Waals surface area contributed by atoms with Crippen LogP contribution in [0.4, 0.5) is 0 Å². The van der Waals surface area contributed by atoms with Crippen molar-refractivity contribution in [3.05, 3.63) is 16.3 Å². The van der Waals surface area contributed by atoms with Gasteiger partial charge in [0.15, 0.2) is 4.88 Å². The zero-order valence-corrected chi connectivity index (χ0v) is 11.0. The van der Waals surface area contributed by atoms with Crippen LogP contribution in [0.2, 0.25) is 0 Å². The van der Waals surface area contributed by atoms with E-state index >= 15 is 0 Å². The number of aromatic carboxylic acids is 1. The molecule has 3 atom stereocenters. The summed E-state index contributed by atoms with van der Waals surface area (Å²) in [6.07, 6.45) is 3.39. The Morgan fingerprint density at radius 1 is 1.41 bits per heavy atom. The Bertz CT molecular complexity index is 399. The molecule has 1 saturated carbocycles.